The van der Waals surface area contributed by atoms with Crippen LogP contribution >= 0.6 is 0 Å². The van der Waals surface area contributed by atoms with E-state index in [2.05, 4.69) is 20.8 Å². The Labute approximate surface area is 136 Å². The lowest BCUT2D eigenvalue weighted by atomic mass is 10.1. The van der Waals surface area contributed by atoms with E-state index in [4.69, 9.17) is 0 Å². The standard InChI is InChI=1S/C16H13F2N5O/c1-10-2-4-11(5-3-10)16(24)19-9-15-20-21-22-23(15)12-6-7-13(17)14(18)8-12/h2-8H,9H2,1H3,(H,19,24). The minimum absolute atomic E-state index is 0.0404. The van der Waals surface area contributed by atoms with Crippen LogP contribution in [0.25, 0.3) is 5.69 Å². The Bertz CT molecular complexity index is 876. The third-order valence-corrected chi connectivity index (χ3v) is 3.40. The number of carbonyl (C=O) groups excluding carboxylic acids is 1. The second kappa shape index (κ2) is 6.53. The van der Waals surface area contributed by atoms with Gasteiger partial charge in [0.1, 0.15) is 0 Å². The van der Waals surface area contributed by atoms with Gasteiger partial charge in [-0.3, -0.25) is 4.79 Å². The van der Waals surface area contributed by atoms with Crippen molar-refractivity contribution >= 4 is 5.91 Å². The molecule has 3 aromatic rings. The van der Waals surface area contributed by atoms with Crippen molar-refractivity contribution in [3.05, 3.63) is 71.1 Å². The van der Waals surface area contributed by atoms with Crippen LogP contribution in [-0.4, -0.2) is 26.1 Å². The third kappa shape index (κ3) is 3.27. The highest BCUT2D eigenvalue weighted by Gasteiger charge is 2.12. The zero-order valence-corrected chi connectivity index (χ0v) is 12.7. The molecule has 0 aliphatic carbocycles. The van der Waals surface area contributed by atoms with Crippen molar-refractivity contribution in [1.82, 2.24) is 25.5 Å². The molecule has 24 heavy (non-hydrogen) atoms. The van der Waals surface area contributed by atoms with Gasteiger partial charge < -0.3 is 5.32 Å². The molecule has 0 saturated carbocycles. The third-order valence-electron chi connectivity index (χ3n) is 3.40. The molecule has 1 heterocycles. The zero-order chi connectivity index (χ0) is 17.1. The smallest absolute Gasteiger partial charge is 0.251 e. The number of benzene rings is 2. The molecule has 0 saturated heterocycles. The van der Waals surface area contributed by atoms with Gasteiger partial charge in [-0.2, -0.15) is 4.68 Å². The average Bonchev–Trinajstić information content (AvgIpc) is 3.04. The van der Waals surface area contributed by atoms with Gasteiger partial charge in [0.25, 0.3) is 5.91 Å². The first-order valence-corrected chi connectivity index (χ1v) is 7.12. The Morgan fingerprint density at radius 1 is 1.12 bits per heavy atom. The number of aromatic nitrogens is 4. The van der Waals surface area contributed by atoms with Crippen molar-refractivity contribution < 1.29 is 13.6 Å². The molecule has 0 fully saturated rings. The first-order chi connectivity index (χ1) is 11.5. The Morgan fingerprint density at radius 2 is 1.88 bits per heavy atom. The fraction of sp³-hybridized carbons (Fsp3) is 0.125. The first-order valence-electron chi connectivity index (χ1n) is 7.12. The average molecular weight is 329 g/mol. The van der Waals surface area contributed by atoms with E-state index in [0.717, 1.165) is 17.7 Å². The first kappa shape index (κ1) is 15.7. The van der Waals surface area contributed by atoms with Gasteiger partial charge in [-0.05, 0) is 41.6 Å². The summed E-state index contributed by atoms with van der Waals surface area (Å²) in [6.07, 6.45) is 0. The Balaban J connectivity index is 1.75. The maximum absolute atomic E-state index is 13.3. The molecule has 3 rings (SSSR count). The molecule has 0 aliphatic heterocycles. The van der Waals surface area contributed by atoms with Gasteiger partial charge in [0.2, 0.25) is 0 Å². The summed E-state index contributed by atoms with van der Waals surface area (Å²) in [5.74, 6) is -1.95. The SMILES string of the molecule is Cc1ccc(C(=O)NCc2nnnn2-c2ccc(F)c(F)c2)cc1. The zero-order valence-electron chi connectivity index (χ0n) is 12.7. The Hall–Kier alpha value is -3.16. The molecule has 1 amide bonds. The lowest BCUT2D eigenvalue weighted by Gasteiger charge is -2.07. The van der Waals surface area contributed by atoms with E-state index in [1.165, 1.54) is 10.7 Å². The van der Waals surface area contributed by atoms with E-state index < -0.39 is 11.6 Å². The topological polar surface area (TPSA) is 72.7 Å². The number of nitrogens with one attached hydrogen (secondary N) is 1. The molecule has 2 aromatic carbocycles. The molecule has 1 aromatic heterocycles. The summed E-state index contributed by atoms with van der Waals surface area (Å²) in [4.78, 5) is 12.1. The predicted octanol–water partition coefficient (Wildman–Crippen LogP) is 2.18. The highest BCUT2D eigenvalue weighted by molar-refractivity contribution is 5.94. The van der Waals surface area contributed by atoms with Crippen LogP contribution < -0.4 is 5.32 Å². The second-order valence-corrected chi connectivity index (χ2v) is 5.15. The van der Waals surface area contributed by atoms with Gasteiger partial charge in [0.05, 0.1) is 12.2 Å². The molecule has 0 radical (unpaired) electrons. The number of hydrogen-bond acceptors (Lipinski definition) is 4. The molecular formula is C16H13F2N5O. The van der Waals surface area contributed by atoms with Gasteiger partial charge in [-0.25, -0.2) is 8.78 Å². The van der Waals surface area contributed by atoms with Gasteiger partial charge in [-0.15, -0.1) is 5.10 Å². The number of carbonyl (C=O) groups is 1. The van der Waals surface area contributed by atoms with Crippen LogP contribution in [0.5, 0.6) is 0 Å². The van der Waals surface area contributed by atoms with Crippen LogP contribution in [-0.2, 0) is 6.54 Å². The second-order valence-electron chi connectivity index (χ2n) is 5.15. The van der Waals surface area contributed by atoms with Gasteiger partial charge in [-0.1, -0.05) is 17.7 Å². The van der Waals surface area contributed by atoms with Crippen molar-refractivity contribution in [2.24, 2.45) is 0 Å². The Morgan fingerprint density at radius 3 is 2.58 bits per heavy atom. The number of tetrazole rings is 1. The van der Waals surface area contributed by atoms with Crippen molar-refractivity contribution in [1.29, 1.82) is 0 Å². The lowest BCUT2D eigenvalue weighted by molar-refractivity contribution is 0.0949. The van der Waals surface area contributed by atoms with E-state index in [9.17, 15) is 13.6 Å². The summed E-state index contributed by atoms with van der Waals surface area (Å²) in [5, 5.41) is 13.7. The summed E-state index contributed by atoms with van der Waals surface area (Å²) < 4.78 is 27.6. The van der Waals surface area contributed by atoms with Gasteiger partial charge >= 0.3 is 0 Å². The summed E-state index contributed by atoms with van der Waals surface area (Å²) >= 11 is 0. The fourth-order valence-electron chi connectivity index (χ4n) is 2.10. The number of hydrogen-bond donors (Lipinski definition) is 1. The molecule has 0 spiro atoms. The van der Waals surface area contributed by atoms with Crippen LogP contribution in [0.1, 0.15) is 21.7 Å². The van der Waals surface area contributed by atoms with Crippen molar-refractivity contribution in [2.75, 3.05) is 0 Å². The Kier molecular flexibility index (Phi) is 4.28. The highest BCUT2D eigenvalue weighted by Crippen LogP contribution is 2.13. The molecule has 0 aliphatic rings. The number of nitrogens with zero attached hydrogens (tertiary/aromatic N) is 4. The van der Waals surface area contributed by atoms with Crippen LogP contribution in [0.4, 0.5) is 8.78 Å². The summed E-state index contributed by atoms with van der Waals surface area (Å²) in [5.41, 5.74) is 1.82. The maximum atomic E-state index is 13.3. The van der Waals surface area contributed by atoms with E-state index in [0.29, 0.717) is 11.4 Å². The molecular weight excluding hydrogens is 316 g/mol. The van der Waals surface area contributed by atoms with E-state index in [1.807, 2.05) is 19.1 Å². The number of aryl methyl sites for hydroxylation is 1. The minimum atomic E-state index is -1.00. The quantitative estimate of drug-likeness (QED) is 0.796. The van der Waals surface area contributed by atoms with E-state index in [1.54, 1.807) is 12.1 Å². The van der Waals surface area contributed by atoms with E-state index in [-0.39, 0.29) is 18.1 Å². The van der Waals surface area contributed by atoms with Crippen LogP contribution in [0.2, 0.25) is 0 Å². The van der Waals surface area contributed by atoms with Gasteiger partial charge in [0, 0.05) is 11.6 Å². The van der Waals surface area contributed by atoms with Crippen LogP contribution in [0.15, 0.2) is 42.5 Å². The van der Waals surface area contributed by atoms with Crippen molar-refractivity contribution in [2.45, 2.75) is 13.5 Å². The van der Waals surface area contributed by atoms with E-state index >= 15 is 0 Å². The maximum Gasteiger partial charge on any atom is 0.251 e. The minimum Gasteiger partial charge on any atom is -0.345 e. The molecule has 1 N–H and O–H groups in total. The van der Waals surface area contributed by atoms with Gasteiger partial charge in [0.15, 0.2) is 17.5 Å². The summed E-state index contributed by atoms with van der Waals surface area (Å²) in [6.45, 7) is 1.97. The molecule has 6 nitrogen and oxygen atoms in total. The number of halogens is 2. The highest BCUT2D eigenvalue weighted by atomic mass is 19.2. The van der Waals surface area contributed by atoms with Crippen molar-refractivity contribution in [3.63, 3.8) is 0 Å². The molecule has 8 heteroatoms. The normalized spacial score (nSPS) is 10.6. The molecule has 0 unspecified atom stereocenters. The molecule has 0 atom stereocenters. The largest absolute Gasteiger partial charge is 0.345 e. The van der Waals surface area contributed by atoms with Crippen LogP contribution in [0, 0.1) is 18.6 Å². The summed E-state index contributed by atoms with van der Waals surface area (Å²) in [7, 11) is 0. The number of rotatable bonds is 4. The van der Waals surface area contributed by atoms with Crippen LogP contribution in [0.3, 0.4) is 0 Å². The lowest BCUT2D eigenvalue weighted by Crippen LogP contribution is -2.24. The molecule has 0 bridgehead atoms. The fourth-order valence-corrected chi connectivity index (χ4v) is 2.10. The predicted molar refractivity (Wildman–Crippen MR) is 81.4 cm³/mol. The molecule has 122 valence electrons. The monoisotopic (exact) mass is 329 g/mol. The summed E-state index contributed by atoms with van der Waals surface area (Å²) in [6, 6.07) is 10.4. The number of amides is 1. The van der Waals surface area contributed by atoms with Crippen molar-refractivity contribution in [3.8, 4) is 5.69 Å².